The SMILES string of the molecule is Cc1nc(N2CCOCC2)ncc1-c1cc(=O)n(-c2ccc(C(F)(F)F)cc2)[nH]1. The number of halogens is 3. The standard InChI is InChI=1S/C19H18F3N5O2/c1-12-15(11-23-18(24-12)26-6-8-29-9-7-26)16-10-17(28)27(25-16)14-4-2-13(3-5-14)19(20,21)22/h2-5,10-11,25H,6-9H2,1H3. The lowest BCUT2D eigenvalue weighted by molar-refractivity contribution is -0.137. The Balaban J connectivity index is 1.63. The molecule has 1 aromatic carbocycles. The average Bonchev–Trinajstić information content (AvgIpc) is 3.09. The van der Waals surface area contributed by atoms with Crippen molar-refractivity contribution in [3.05, 3.63) is 58.1 Å². The molecule has 2 aromatic heterocycles. The predicted molar refractivity (Wildman–Crippen MR) is 100 cm³/mol. The highest BCUT2D eigenvalue weighted by molar-refractivity contribution is 5.61. The van der Waals surface area contributed by atoms with E-state index >= 15 is 0 Å². The third-order valence-electron chi connectivity index (χ3n) is 4.72. The van der Waals surface area contributed by atoms with E-state index in [4.69, 9.17) is 4.74 Å². The molecule has 0 amide bonds. The third-order valence-corrected chi connectivity index (χ3v) is 4.72. The molecule has 10 heteroatoms. The smallest absolute Gasteiger partial charge is 0.378 e. The van der Waals surface area contributed by atoms with Gasteiger partial charge in [0, 0.05) is 30.9 Å². The van der Waals surface area contributed by atoms with Crippen LogP contribution in [0.2, 0.25) is 0 Å². The van der Waals surface area contributed by atoms with Gasteiger partial charge < -0.3 is 9.64 Å². The van der Waals surface area contributed by atoms with Crippen molar-refractivity contribution in [2.45, 2.75) is 13.1 Å². The van der Waals surface area contributed by atoms with Crippen LogP contribution in [-0.2, 0) is 10.9 Å². The minimum absolute atomic E-state index is 0.303. The first kappa shape index (κ1) is 19.2. The van der Waals surface area contributed by atoms with Crippen LogP contribution < -0.4 is 10.5 Å². The fourth-order valence-corrected chi connectivity index (χ4v) is 3.16. The van der Waals surface area contributed by atoms with Crippen LogP contribution in [-0.4, -0.2) is 46.1 Å². The van der Waals surface area contributed by atoms with Gasteiger partial charge in [-0.3, -0.25) is 9.89 Å². The van der Waals surface area contributed by atoms with Gasteiger partial charge in [0.15, 0.2) is 0 Å². The van der Waals surface area contributed by atoms with Gasteiger partial charge >= 0.3 is 6.18 Å². The molecule has 0 atom stereocenters. The van der Waals surface area contributed by atoms with Crippen molar-refractivity contribution in [2.24, 2.45) is 0 Å². The average molecular weight is 405 g/mol. The van der Waals surface area contributed by atoms with Crippen LogP contribution in [0.1, 0.15) is 11.3 Å². The lowest BCUT2D eigenvalue weighted by Crippen LogP contribution is -2.37. The van der Waals surface area contributed by atoms with Crippen LogP contribution in [0.5, 0.6) is 0 Å². The summed E-state index contributed by atoms with van der Waals surface area (Å²) >= 11 is 0. The number of aromatic nitrogens is 4. The molecule has 1 fully saturated rings. The zero-order valence-corrected chi connectivity index (χ0v) is 15.5. The van der Waals surface area contributed by atoms with E-state index in [1.807, 2.05) is 11.8 Å². The highest BCUT2D eigenvalue weighted by atomic mass is 19.4. The van der Waals surface area contributed by atoms with Crippen LogP contribution >= 0.6 is 0 Å². The fourth-order valence-electron chi connectivity index (χ4n) is 3.16. The van der Waals surface area contributed by atoms with Crippen molar-refractivity contribution in [3.63, 3.8) is 0 Å². The lowest BCUT2D eigenvalue weighted by atomic mass is 10.2. The highest BCUT2D eigenvalue weighted by Gasteiger charge is 2.30. The second kappa shape index (κ2) is 7.36. The van der Waals surface area contributed by atoms with Gasteiger partial charge in [0.1, 0.15) is 0 Å². The van der Waals surface area contributed by atoms with Crippen molar-refractivity contribution >= 4 is 5.95 Å². The molecule has 29 heavy (non-hydrogen) atoms. The number of aromatic amines is 1. The van der Waals surface area contributed by atoms with Crippen molar-refractivity contribution in [2.75, 3.05) is 31.2 Å². The number of anilines is 1. The summed E-state index contributed by atoms with van der Waals surface area (Å²) in [5.74, 6) is 0.596. The number of hydrogen-bond donors (Lipinski definition) is 1. The second-order valence-corrected chi connectivity index (χ2v) is 6.66. The Labute approximate surface area is 163 Å². The molecule has 7 nitrogen and oxygen atoms in total. The van der Waals surface area contributed by atoms with E-state index in [1.165, 1.54) is 22.9 Å². The summed E-state index contributed by atoms with van der Waals surface area (Å²) in [5, 5.41) is 2.92. The van der Waals surface area contributed by atoms with Crippen LogP contribution in [0.15, 0.2) is 41.3 Å². The fraction of sp³-hybridized carbons (Fsp3) is 0.316. The Morgan fingerprint density at radius 2 is 1.83 bits per heavy atom. The summed E-state index contributed by atoms with van der Waals surface area (Å²) in [6.07, 6.45) is -2.80. The van der Waals surface area contributed by atoms with E-state index in [-0.39, 0.29) is 0 Å². The van der Waals surface area contributed by atoms with Gasteiger partial charge in [0.05, 0.1) is 35.9 Å². The molecule has 3 aromatic rings. The molecule has 0 radical (unpaired) electrons. The van der Waals surface area contributed by atoms with E-state index in [0.29, 0.717) is 54.9 Å². The largest absolute Gasteiger partial charge is 0.416 e. The molecule has 0 unspecified atom stereocenters. The molecular weight excluding hydrogens is 387 g/mol. The molecule has 1 aliphatic heterocycles. The van der Waals surface area contributed by atoms with Gasteiger partial charge in [-0.05, 0) is 31.2 Å². The van der Waals surface area contributed by atoms with Crippen molar-refractivity contribution in [1.29, 1.82) is 0 Å². The maximum atomic E-state index is 12.7. The number of alkyl halides is 3. The lowest BCUT2D eigenvalue weighted by Gasteiger charge is -2.27. The number of benzene rings is 1. The third kappa shape index (κ3) is 3.88. The van der Waals surface area contributed by atoms with Gasteiger partial charge in [-0.15, -0.1) is 0 Å². The molecule has 4 rings (SSSR count). The van der Waals surface area contributed by atoms with Crippen molar-refractivity contribution in [1.82, 2.24) is 19.7 Å². The number of rotatable bonds is 3. The maximum Gasteiger partial charge on any atom is 0.416 e. The summed E-state index contributed by atoms with van der Waals surface area (Å²) in [6, 6.07) is 5.74. The molecule has 1 saturated heterocycles. The van der Waals surface area contributed by atoms with Crippen LogP contribution in [0, 0.1) is 6.92 Å². The number of ether oxygens (including phenoxy) is 1. The van der Waals surface area contributed by atoms with E-state index in [2.05, 4.69) is 15.1 Å². The number of aryl methyl sites for hydroxylation is 1. The molecule has 0 bridgehead atoms. The highest BCUT2D eigenvalue weighted by Crippen LogP contribution is 2.29. The Morgan fingerprint density at radius 1 is 1.14 bits per heavy atom. The molecule has 1 N–H and O–H groups in total. The minimum atomic E-state index is -4.43. The van der Waals surface area contributed by atoms with E-state index in [1.54, 1.807) is 6.20 Å². The van der Waals surface area contributed by atoms with Gasteiger partial charge in [-0.25, -0.2) is 14.6 Å². The summed E-state index contributed by atoms with van der Waals surface area (Å²) in [4.78, 5) is 23.3. The first-order valence-corrected chi connectivity index (χ1v) is 8.99. The van der Waals surface area contributed by atoms with E-state index < -0.39 is 17.3 Å². The Morgan fingerprint density at radius 3 is 2.45 bits per heavy atom. The minimum Gasteiger partial charge on any atom is -0.378 e. The molecule has 0 spiro atoms. The van der Waals surface area contributed by atoms with Crippen molar-refractivity contribution in [3.8, 4) is 16.9 Å². The zero-order valence-electron chi connectivity index (χ0n) is 15.5. The zero-order chi connectivity index (χ0) is 20.6. The number of H-pyrrole nitrogens is 1. The first-order chi connectivity index (χ1) is 13.8. The molecule has 0 saturated carbocycles. The van der Waals surface area contributed by atoms with Crippen LogP contribution in [0.3, 0.4) is 0 Å². The number of nitrogens with one attached hydrogen (secondary N) is 1. The number of nitrogens with zero attached hydrogens (tertiary/aromatic N) is 4. The molecule has 0 aliphatic carbocycles. The Hall–Kier alpha value is -3.14. The van der Waals surface area contributed by atoms with E-state index in [9.17, 15) is 18.0 Å². The van der Waals surface area contributed by atoms with Gasteiger partial charge in [0.2, 0.25) is 5.95 Å². The van der Waals surface area contributed by atoms with Gasteiger partial charge in [-0.1, -0.05) is 0 Å². The van der Waals surface area contributed by atoms with Gasteiger partial charge in [0.25, 0.3) is 5.56 Å². The summed E-state index contributed by atoms with van der Waals surface area (Å²) < 4.78 is 44.7. The number of morpholine rings is 1. The first-order valence-electron chi connectivity index (χ1n) is 8.99. The second-order valence-electron chi connectivity index (χ2n) is 6.66. The summed E-state index contributed by atoms with van der Waals surface area (Å²) in [6.45, 7) is 4.47. The van der Waals surface area contributed by atoms with Crippen LogP contribution in [0.4, 0.5) is 19.1 Å². The number of hydrogen-bond acceptors (Lipinski definition) is 5. The summed E-state index contributed by atoms with van der Waals surface area (Å²) in [5.41, 5.74) is 0.950. The summed E-state index contributed by atoms with van der Waals surface area (Å²) in [7, 11) is 0. The van der Waals surface area contributed by atoms with Crippen LogP contribution in [0.25, 0.3) is 16.9 Å². The molecule has 152 valence electrons. The molecular formula is C19H18F3N5O2. The topological polar surface area (TPSA) is 76.0 Å². The van der Waals surface area contributed by atoms with Gasteiger partial charge in [-0.2, -0.15) is 13.2 Å². The molecule has 1 aliphatic rings. The van der Waals surface area contributed by atoms with Crippen molar-refractivity contribution < 1.29 is 17.9 Å². The molecule has 3 heterocycles. The Kier molecular flexibility index (Phi) is 4.87. The normalized spacial score (nSPS) is 15.0. The monoisotopic (exact) mass is 405 g/mol. The van der Waals surface area contributed by atoms with E-state index in [0.717, 1.165) is 12.1 Å². The maximum absolute atomic E-state index is 12.7. The predicted octanol–water partition coefficient (Wildman–Crippen LogP) is 2.79. The Bertz CT molecular complexity index is 1070. The quantitative estimate of drug-likeness (QED) is 0.725.